The first-order chi connectivity index (χ1) is 24.0. The summed E-state index contributed by atoms with van der Waals surface area (Å²) in [5.74, 6) is -0.912. The summed E-state index contributed by atoms with van der Waals surface area (Å²) >= 11 is 0. The summed E-state index contributed by atoms with van der Waals surface area (Å²) < 4.78 is 40.2. The topological polar surface area (TPSA) is 91.0 Å². The number of likely N-dealkylation sites (N-methyl/N-ethyl adjacent to an activating group) is 2. The van der Waals surface area contributed by atoms with Crippen molar-refractivity contribution in [2.24, 2.45) is 5.41 Å². The van der Waals surface area contributed by atoms with Gasteiger partial charge in [0.05, 0.1) is 0 Å². The average molecular weight is 701 g/mol. The Morgan fingerprint density at radius 3 is 1.61 bits per heavy atom. The van der Waals surface area contributed by atoms with Crippen LogP contribution in [0.15, 0.2) is 84.9 Å². The molecule has 51 heavy (non-hydrogen) atoms. The fraction of sp³-hybridized carbons (Fsp3) is 0.325. The SMILES string of the molecule is CN1CCc2ccc(NC(=O)c3ccc(OC(F)(F)F)cc3)cc2C1.CN1CCc2ccc(NC(=O)c3cccc(C(=O)C(C)(C)C)c3)cc2C1. The maximum atomic E-state index is 12.6. The van der Waals surface area contributed by atoms with Gasteiger partial charge < -0.3 is 25.2 Å². The molecule has 4 aromatic rings. The standard InChI is InChI=1S/C22H26N2O2.C18H17F3N2O2/c1-22(2,3)20(25)16-6-5-7-17(12-16)21(26)23-19-9-8-15-10-11-24(4)14-18(15)13-19;1-23-9-8-12-2-5-15(10-14(12)11-23)22-17(24)13-3-6-16(7-4-13)25-18(19,20)21/h5-9,12-13H,10-11,14H2,1-4H3,(H,23,26);2-7,10H,8-9,11H2,1H3,(H,22,24). The van der Waals surface area contributed by atoms with E-state index in [-0.39, 0.29) is 28.9 Å². The lowest BCUT2D eigenvalue weighted by atomic mass is 9.86. The molecule has 6 rings (SSSR count). The van der Waals surface area contributed by atoms with Crippen molar-refractivity contribution in [3.05, 3.63) is 124 Å². The van der Waals surface area contributed by atoms with E-state index in [1.165, 1.54) is 34.4 Å². The third-order valence-electron chi connectivity index (χ3n) is 8.75. The summed E-state index contributed by atoms with van der Waals surface area (Å²) in [6, 6.07) is 23.6. The fourth-order valence-corrected chi connectivity index (χ4v) is 6.00. The molecule has 4 aromatic carbocycles. The fourth-order valence-electron chi connectivity index (χ4n) is 6.00. The molecule has 0 saturated carbocycles. The molecule has 11 heteroatoms. The second kappa shape index (κ2) is 15.5. The molecule has 0 bridgehead atoms. The molecule has 0 aliphatic carbocycles. The van der Waals surface area contributed by atoms with Crippen LogP contribution < -0.4 is 15.4 Å². The Balaban J connectivity index is 0.000000198. The van der Waals surface area contributed by atoms with Gasteiger partial charge in [-0.2, -0.15) is 0 Å². The van der Waals surface area contributed by atoms with Crippen LogP contribution >= 0.6 is 0 Å². The van der Waals surface area contributed by atoms with E-state index < -0.39 is 11.8 Å². The number of hydrogen-bond donors (Lipinski definition) is 2. The molecule has 2 heterocycles. The van der Waals surface area contributed by atoms with E-state index in [9.17, 15) is 27.6 Å². The van der Waals surface area contributed by atoms with Crippen LogP contribution in [0, 0.1) is 5.41 Å². The average Bonchev–Trinajstić information content (AvgIpc) is 3.07. The van der Waals surface area contributed by atoms with Crippen molar-refractivity contribution < 1.29 is 32.3 Å². The van der Waals surface area contributed by atoms with E-state index in [0.717, 1.165) is 56.8 Å². The van der Waals surface area contributed by atoms with Crippen LogP contribution in [0.3, 0.4) is 0 Å². The van der Waals surface area contributed by atoms with Gasteiger partial charge in [0.25, 0.3) is 11.8 Å². The predicted molar refractivity (Wildman–Crippen MR) is 192 cm³/mol. The van der Waals surface area contributed by atoms with Crippen molar-refractivity contribution >= 4 is 29.0 Å². The van der Waals surface area contributed by atoms with Gasteiger partial charge in [-0.25, -0.2) is 0 Å². The van der Waals surface area contributed by atoms with Gasteiger partial charge in [-0.05, 0) is 110 Å². The lowest BCUT2D eigenvalue weighted by Gasteiger charge is -2.25. The normalized spacial score (nSPS) is 14.7. The molecule has 0 saturated heterocycles. The van der Waals surface area contributed by atoms with Gasteiger partial charge in [0.2, 0.25) is 0 Å². The zero-order valence-corrected chi connectivity index (χ0v) is 29.5. The molecular weight excluding hydrogens is 657 g/mol. The number of Topliss-reactive ketones (excluding diaryl/α,β-unsaturated/α-hetero) is 1. The molecular formula is C40H43F3N4O4. The molecule has 0 radical (unpaired) electrons. The Morgan fingerprint density at radius 2 is 1.12 bits per heavy atom. The van der Waals surface area contributed by atoms with Gasteiger partial charge in [0.15, 0.2) is 5.78 Å². The number of carbonyl (C=O) groups excluding carboxylic acids is 3. The Bertz CT molecular complexity index is 1900. The third-order valence-corrected chi connectivity index (χ3v) is 8.75. The van der Waals surface area contributed by atoms with Gasteiger partial charge in [-0.3, -0.25) is 14.4 Å². The first-order valence-corrected chi connectivity index (χ1v) is 16.8. The summed E-state index contributed by atoms with van der Waals surface area (Å²) in [5, 5.41) is 5.73. The van der Waals surface area contributed by atoms with Gasteiger partial charge in [-0.1, -0.05) is 45.0 Å². The lowest BCUT2D eigenvalue weighted by molar-refractivity contribution is -0.274. The van der Waals surface area contributed by atoms with Crippen molar-refractivity contribution in [1.82, 2.24) is 9.80 Å². The van der Waals surface area contributed by atoms with Gasteiger partial charge >= 0.3 is 6.36 Å². The highest BCUT2D eigenvalue weighted by atomic mass is 19.4. The van der Waals surface area contributed by atoms with E-state index in [1.807, 2.05) is 58.2 Å². The number of alkyl halides is 3. The number of carbonyl (C=O) groups is 3. The summed E-state index contributed by atoms with van der Waals surface area (Å²) in [7, 11) is 4.14. The van der Waals surface area contributed by atoms with Crippen molar-refractivity contribution in [2.75, 3.05) is 37.8 Å². The monoisotopic (exact) mass is 700 g/mol. The molecule has 0 spiro atoms. The molecule has 0 fully saturated rings. The number of fused-ring (bicyclic) bond motifs is 2. The number of anilines is 2. The van der Waals surface area contributed by atoms with E-state index in [4.69, 9.17) is 0 Å². The summed E-state index contributed by atoms with van der Waals surface area (Å²) in [5.41, 5.74) is 7.33. The minimum Gasteiger partial charge on any atom is -0.406 e. The van der Waals surface area contributed by atoms with E-state index in [2.05, 4.69) is 38.3 Å². The smallest absolute Gasteiger partial charge is 0.406 e. The Kier molecular flexibility index (Phi) is 11.3. The Labute approximate surface area is 296 Å². The molecule has 2 amide bonds. The van der Waals surface area contributed by atoms with Gasteiger partial charge in [0.1, 0.15) is 5.75 Å². The lowest BCUT2D eigenvalue weighted by Crippen LogP contribution is -2.26. The third kappa shape index (κ3) is 10.3. The number of rotatable bonds is 6. The molecule has 8 nitrogen and oxygen atoms in total. The van der Waals surface area contributed by atoms with Gasteiger partial charge in [0, 0.05) is 59.7 Å². The number of ether oxygens (including phenoxy) is 1. The highest BCUT2D eigenvalue weighted by molar-refractivity contribution is 6.07. The molecule has 0 unspecified atom stereocenters. The number of nitrogens with one attached hydrogen (secondary N) is 2. The Hall–Kier alpha value is -5.00. The zero-order valence-electron chi connectivity index (χ0n) is 29.5. The van der Waals surface area contributed by atoms with Crippen molar-refractivity contribution in [3.63, 3.8) is 0 Å². The number of benzene rings is 4. The largest absolute Gasteiger partial charge is 0.573 e. The van der Waals surface area contributed by atoms with Crippen LogP contribution in [0.25, 0.3) is 0 Å². The first kappa shape index (κ1) is 37.3. The van der Waals surface area contributed by atoms with Crippen LogP contribution in [0.5, 0.6) is 5.75 Å². The van der Waals surface area contributed by atoms with Crippen LogP contribution in [0.2, 0.25) is 0 Å². The second-order valence-corrected chi connectivity index (χ2v) is 14.1. The zero-order chi connectivity index (χ0) is 36.9. The van der Waals surface area contributed by atoms with Gasteiger partial charge in [-0.15, -0.1) is 13.2 Å². The summed E-state index contributed by atoms with van der Waals surface area (Å²) in [6.07, 6.45) is -2.74. The second-order valence-electron chi connectivity index (χ2n) is 14.1. The minimum absolute atomic E-state index is 0.0315. The first-order valence-electron chi connectivity index (χ1n) is 16.8. The molecule has 268 valence electrons. The highest BCUT2D eigenvalue weighted by Crippen LogP contribution is 2.26. The van der Waals surface area contributed by atoms with E-state index >= 15 is 0 Å². The summed E-state index contributed by atoms with van der Waals surface area (Å²) in [6.45, 7) is 9.43. The van der Waals surface area contributed by atoms with Crippen molar-refractivity contribution in [1.29, 1.82) is 0 Å². The predicted octanol–water partition coefficient (Wildman–Crippen LogP) is 7.98. The minimum atomic E-state index is -4.75. The number of hydrogen-bond acceptors (Lipinski definition) is 6. The number of nitrogens with zero attached hydrogens (tertiary/aromatic N) is 2. The number of halogens is 3. The van der Waals surface area contributed by atoms with Crippen LogP contribution in [-0.4, -0.2) is 60.9 Å². The maximum Gasteiger partial charge on any atom is 0.573 e. The van der Waals surface area contributed by atoms with Crippen molar-refractivity contribution in [2.45, 2.75) is 53.1 Å². The van der Waals surface area contributed by atoms with Crippen molar-refractivity contribution in [3.8, 4) is 5.75 Å². The quantitative estimate of drug-likeness (QED) is 0.198. The van der Waals surface area contributed by atoms with E-state index in [0.29, 0.717) is 16.8 Å². The highest BCUT2D eigenvalue weighted by Gasteiger charge is 2.31. The van der Waals surface area contributed by atoms with Crippen LogP contribution in [-0.2, 0) is 25.9 Å². The molecule has 2 N–H and O–H groups in total. The molecule has 2 aliphatic heterocycles. The molecule has 0 aromatic heterocycles. The summed E-state index contributed by atoms with van der Waals surface area (Å²) in [4.78, 5) is 41.8. The van der Waals surface area contributed by atoms with Crippen LogP contribution in [0.4, 0.5) is 24.5 Å². The Morgan fingerprint density at radius 1 is 0.627 bits per heavy atom. The maximum absolute atomic E-state index is 12.6. The van der Waals surface area contributed by atoms with Crippen LogP contribution in [0.1, 0.15) is 74.1 Å². The number of amides is 2. The number of ketones is 1. The van der Waals surface area contributed by atoms with E-state index in [1.54, 1.807) is 24.3 Å². The molecule has 0 atom stereocenters. The molecule has 2 aliphatic rings.